The van der Waals surface area contributed by atoms with E-state index in [-0.39, 0.29) is 16.5 Å². The summed E-state index contributed by atoms with van der Waals surface area (Å²) in [5.74, 6) is -1.35. The number of hydrogen-bond acceptors (Lipinski definition) is 7. The summed E-state index contributed by atoms with van der Waals surface area (Å²) in [7, 11) is -2.49. The van der Waals surface area contributed by atoms with E-state index in [1.807, 2.05) is 0 Å². The monoisotopic (exact) mass is 441 g/mol. The van der Waals surface area contributed by atoms with E-state index < -0.39 is 33.8 Å². The number of thiophene rings is 1. The Kier molecular flexibility index (Phi) is 6.66. The van der Waals surface area contributed by atoms with Gasteiger partial charge < -0.3 is 14.6 Å². The number of nitrogens with one attached hydrogen (secondary N) is 1. The molecule has 0 aliphatic heterocycles. The zero-order chi connectivity index (χ0) is 22.0. The van der Waals surface area contributed by atoms with Gasteiger partial charge in [0.2, 0.25) is 21.7 Å². The Morgan fingerprint density at radius 2 is 1.90 bits per heavy atom. The van der Waals surface area contributed by atoms with Crippen molar-refractivity contribution in [3.05, 3.63) is 39.8 Å². The lowest BCUT2D eigenvalue weighted by Crippen LogP contribution is -2.34. The highest BCUT2D eigenvalue weighted by atomic mass is 32.2. The largest absolute Gasteiger partial charge is 0.453 e. The van der Waals surface area contributed by atoms with Gasteiger partial charge in [-0.05, 0) is 18.2 Å². The molecule has 0 fully saturated rings. The van der Waals surface area contributed by atoms with Crippen molar-refractivity contribution in [2.24, 2.45) is 17.6 Å². The summed E-state index contributed by atoms with van der Waals surface area (Å²) in [6.45, 7) is 5.21. The fourth-order valence-corrected chi connectivity index (χ4v) is 3.68. The molecule has 2 rings (SSSR count). The van der Waals surface area contributed by atoms with Crippen LogP contribution < -0.4 is 10.5 Å². The van der Waals surface area contributed by atoms with Gasteiger partial charge in [0, 0.05) is 23.5 Å². The summed E-state index contributed by atoms with van der Waals surface area (Å²) < 4.78 is 29.0. The number of ether oxygens (including phenoxy) is 1. The number of nitrogens with two attached hydrogens (primary N) is 1. The third kappa shape index (κ3) is 5.99. The van der Waals surface area contributed by atoms with Crippen LogP contribution in [0.1, 0.15) is 45.8 Å². The van der Waals surface area contributed by atoms with Gasteiger partial charge in [-0.2, -0.15) is 0 Å². The molecule has 0 radical (unpaired) electrons. The third-order valence-corrected chi connectivity index (χ3v) is 5.90. The predicted molar refractivity (Wildman–Crippen MR) is 107 cm³/mol. The Morgan fingerprint density at radius 3 is 2.45 bits per heavy atom. The smallest absolute Gasteiger partial charge is 0.355 e. The summed E-state index contributed by atoms with van der Waals surface area (Å²) in [6, 6.07) is 4.41. The van der Waals surface area contributed by atoms with Crippen molar-refractivity contribution in [3.8, 4) is 0 Å². The van der Waals surface area contributed by atoms with Crippen molar-refractivity contribution in [1.82, 2.24) is 9.88 Å². The molecule has 2 aromatic heterocycles. The molecule has 0 aliphatic carbocycles. The Bertz CT molecular complexity index is 1040. The summed E-state index contributed by atoms with van der Waals surface area (Å²) in [5, 5.41) is 7.83. The Balaban J connectivity index is 1.95. The quantitative estimate of drug-likeness (QED) is 0.492. The van der Waals surface area contributed by atoms with Crippen molar-refractivity contribution >= 4 is 39.0 Å². The topological polar surface area (TPSA) is 138 Å². The molecule has 158 valence electrons. The van der Waals surface area contributed by atoms with Crippen LogP contribution in [0.15, 0.2) is 29.3 Å². The second kappa shape index (κ2) is 8.47. The van der Waals surface area contributed by atoms with E-state index in [1.54, 1.807) is 32.9 Å². The number of ketones is 1. The van der Waals surface area contributed by atoms with Crippen molar-refractivity contribution in [1.29, 1.82) is 0 Å². The van der Waals surface area contributed by atoms with Gasteiger partial charge in [-0.3, -0.25) is 9.59 Å². The lowest BCUT2D eigenvalue weighted by atomic mass is 9.96. The van der Waals surface area contributed by atoms with E-state index in [2.05, 4.69) is 5.32 Å². The van der Waals surface area contributed by atoms with Gasteiger partial charge in [-0.25, -0.2) is 18.4 Å². The SMILES string of the molecule is Cn1cc(S(N)(=O)=O)cc1C(=O)OCC(=O)c1ccc(CNC(=O)C(C)(C)C)s1. The van der Waals surface area contributed by atoms with Crippen LogP contribution in [0, 0.1) is 5.41 Å². The molecule has 2 heterocycles. The number of primary sulfonamides is 1. The molecular weight excluding hydrogens is 418 g/mol. The van der Waals surface area contributed by atoms with Gasteiger partial charge in [0.1, 0.15) is 10.6 Å². The van der Waals surface area contributed by atoms with Crippen molar-refractivity contribution < 1.29 is 27.5 Å². The summed E-state index contributed by atoms with van der Waals surface area (Å²) in [6.07, 6.45) is 1.19. The fourth-order valence-electron chi connectivity index (χ4n) is 2.22. The molecule has 0 bridgehead atoms. The molecule has 0 spiro atoms. The van der Waals surface area contributed by atoms with Gasteiger partial charge in [0.15, 0.2) is 6.61 Å². The van der Waals surface area contributed by atoms with E-state index in [0.717, 1.165) is 10.9 Å². The highest BCUT2D eigenvalue weighted by molar-refractivity contribution is 7.89. The van der Waals surface area contributed by atoms with E-state index in [0.29, 0.717) is 11.4 Å². The maximum atomic E-state index is 12.3. The lowest BCUT2D eigenvalue weighted by molar-refractivity contribution is -0.128. The molecule has 0 saturated heterocycles. The summed E-state index contributed by atoms with van der Waals surface area (Å²) in [4.78, 5) is 37.3. The molecule has 3 N–H and O–H groups in total. The van der Waals surface area contributed by atoms with E-state index in [9.17, 15) is 22.8 Å². The minimum absolute atomic E-state index is 0.0430. The first-order chi connectivity index (χ1) is 13.3. The number of hydrogen-bond donors (Lipinski definition) is 2. The molecular formula is C18H23N3O6S2. The molecule has 11 heteroatoms. The highest BCUT2D eigenvalue weighted by Crippen LogP contribution is 2.19. The molecule has 0 aromatic carbocycles. The normalized spacial score (nSPS) is 11.9. The van der Waals surface area contributed by atoms with E-state index in [4.69, 9.17) is 9.88 Å². The molecule has 0 aliphatic rings. The number of carbonyl (C=O) groups is 3. The first-order valence-corrected chi connectivity index (χ1v) is 10.9. The molecule has 0 atom stereocenters. The predicted octanol–water partition coefficient (Wildman–Crippen LogP) is 1.44. The van der Waals surface area contributed by atoms with Crippen molar-refractivity contribution in [2.45, 2.75) is 32.2 Å². The second-order valence-electron chi connectivity index (χ2n) is 7.41. The maximum Gasteiger partial charge on any atom is 0.355 e. The first kappa shape index (κ1) is 22.8. The zero-order valence-electron chi connectivity index (χ0n) is 16.5. The van der Waals surface area contributed by atoms with Crippen LogP contribution in [0.4, 0.5) is 0 Å². The second-order valence-corrected chi connectivity index (χ2v) is 10.1. The number of nitrogens with zero attached hydrogens (tertiary/aromatic N) is 1. The Hall–Kier alpha value is -2.50. The van der Waals surface area contributed by atoms with Crippen molar-refractivity contribution in [3.63, 3.8) is 0 Å². The van der Waals surface area contributed by atoms with Crippen LogP contribution >= 0.6 is 11.3 Å². The molecule has 0 unspecified atom stereocenters. The van der Waals surface area contributed by atoms with E-state index in [1.165, 1.54) is 29.1 Å². The molecule has 1 amide bonds. The number of amides is 1. The highest BCUT2D eigenvalue weighted by Gasteiger charge is 2.22. The van der Waals surface area contributed by atoms with Gasteiger partial charge >= 0.3 is 5.97 Å². The average molecular weight is 442 g/mol. The third-order valence-electron chi connectivity index (χ3n) is 3.89. The van der Waals surface area contributed by atoms with Crippen LogP contribution in [-0.4, -0.2) is 37.3 Å². The fraction of sp³-hybridized carbons (Fsp3) is 0.389. The molecule has 9 nitrogen and oxygen atoms in total. The van der Waals surface area contributed by atoms with Crippen molar-refractivity contribution in [2.75, 3.05) is 6.61 Å². The minimum Gasteiger partial charge on any atom is -0.453 e. The van der Waals surface area contributed by atoms with Crippen LogP contribution in [0.2, 0.25) is 0 Å². The van der Waals surface area contributed by atoms with Gasteiger partial charge in [0.25, 0.3) is 0 Å². The number of aryl methyl sites for hydroxylation is 1. The zero-order valence-corrected chi connectivity index (χ0v) is 18.1. The summed E-state index contributed by atoms with van der Waals surface area (Å²) >= 11 is 1.20. The number of aromatic nitrogens is 1. The Labute approximate surface area is 172 Å². The van der Waals surface area contributed by atoms with Gasteiger partial charge in [-0.15, -0.1) is 11.3 Å². The number of Topliss-reactive ketones (excluding diaryl/α,β-unsaturated/α-hetero) is 1. The van der Waals surface area contributed by atoms with Crippen LogP contribution in [0.5, 0.6) is 0 Å². The number of carbonyl (C=O) groups excluding carboxylic acids is 3. The Morgan fingerprint density at radius 1 is 1.24 bits per heavy atom. The number of esters is 1. The molecule has 0 saturated carbocycles. The first-order valence-electron chi connectivity index (χ1n) is 8.55. The summed E-state index contributed by atoms with van der Waals surface area (Å²) in [5.41, 5.74) is -0.553. The minimum atomic E-state index is -3.95. The van der Waals surface area contributed by atoms with Gasteiger partial charge in [-0.1, -0.05) is 20.8 Å². The maximum absolute atomic E-state index is 12.3. The standard InChI is InChI=1S/C18H23N3O6S2/c1-18(2,3)17(24)20-8-11-5-6-15(28-11)14(22)10-27-16(23)13-7-12(9-21(13)4)29(19,25)26/h5-7,9H,8,10H2,1-4H3,(H,20,24)(H2,19,25,26). The number of sulfonamides is 1. The van der Waals surface area contributed by atoms with Crippen LogP contribution in [0.25, 0.3) is 0 Å². The lowest BCUT2D eigenvalue weighted by Gasteiger charge is -2.17. The van der Waals surface area contributed by atoms with Crippen LogP contribution in [-0.2, 0) is 33.1 Å². The molecule has 2 aromatic rings. The van der Waals surface area contributed by atoms with Crippen LogP contribution in [0.3, 0.4) is 0 Å². The average Bonchev–Trinajstić information content (AvgIpc) is 3.22. The number of rotatable bonds is 7. The molecule has 29 heavy (non-hydrogen) atoms. The van der Waals surface area contributed by atoms with E-state index >= 15 is 0 Å². The van der Waals surface area contributed by atoms with Gasteiger partial charge in [0.05, 0.1) is 11.4 Å².